The smallest absolute Gasteiger partial charge is 0.328 e. The van der Waals surface area contributed by atoms with Gasteiger partial charge in [0.05, 0.1) is 22.3 Å². The van der Waals surface area contributed by atoms with E-state index in [4.69, 9.17) is 0 Å². The van der Waals surface area contributed by atoms with Crippen LogP contribution in [0.25, 0.3) is 11.0 Å². The molecule has 0 aliphatic carbocycles. The zero-order valence-corrected chi connectivity index (χ0v) is 17.7. The van der Waals surface area contributed by atoms with Gasteiger partial charge in [0.2, 0.25) is 15.9 Å². The van der Waals surface area contributed by atoms with Crippen LogP contribution in [0.5, 0.6) is 0 Å². The van der Waals surface area contributed by atoms with Crippen LogP contribution in [0.2, 0.25) is 0 Å². The Balaban J connectivity index is 1.49. The quantitative estimate of drug-likeness (QED) is 0.596. The molecule has 0 saturated carbocycles. The first-order valence-electron chi connectivity index (χ1n) is 9.62. The summed E-state index contributed by atoms with van der Waals surface area (Å²) in [7, 11) is -0.453. The number of benzene rings is 1. The van der Waals surface area contributed by atoms with E-state index in [2.05, 4.69) is 4.98 Å². The lowest BCUT2D eigenvalue weighted by Gasteiger charge is -2.34. The van der Waals surface area contributed by atoms with Crippen LogP contribution in [0.3, 0.4) is 0 Å². The Morgan fingerprint density at radius 3 is 2.37 bits per heavy atom. The Hall–Kier alpha value is -2.98. The lowest BCUT2D eigenvalue weighted by Crippen LogP contribution is -2.50. The van der Waals surface area contributed by atoms with Gasteiger partial charge in [-0.2, -0.15) is 4.31 Å². The molecule has 0 radical (unpaired) electrons. The molecule has 1 amide bonds. The highest BCUT2D eigenvalue weighted by Gasteiger charge is 2.30. The largest absolute Gasteiger partial charge is 0.340 e. The van der Waals surface area contributed by atoms with Crippen molar-refractivity contribution in [2.24, 2.45) is 14.1 Å². The summed E-state index contributed by atoms with van der Waals surface area (Å²) in [5.41, 5.74) is 1.72. The van der Waals surface area contributed by atoms with Gasteiger partial charge in [0.15, 0.2) is 0 Å². The van der Waals surface area contributed by atoms with Crippen LogP contribution >= 0.6 is 0 Å². The number of amides is 1. The number of piperazine rings is 1. The van der Waals surface area contributed by atoms with Crippen molar-refractivity contribution in [1.29, 1.82) is 0 Å². The number of rotatable bonds is 4. The van der Waals surface area contributed by atoms with Crippen LogP contribution in [0.15, 0.2) is 52.3 Å². The van der Waals surface area contributed by atoms with Crippen LogP contribution in [0, 0.1) is 0 Å². The molecule has 4 rings (SSSR count). The van der Waals surface area contributed by atoms with E-state index in [1.54, 1.807) is 43.4 Å². The third-order valence-corrected chi connectivity index (χ3v) is 7.43. The van der Waals surface area contributed by atoms with Crippen LogP contribution < -0.4 is 5.69 Å². The average Bonchev–Trinajstić information content (AvgIpc) is 2.98. The second-order valence-corrected chi connectivity index (χ2v) is 9.27. The number of carbonyl (C=O) groups is 1. The fraction of sp³-hybridized carbons (Fsp3) is 0.350. The van der Waals surface area contributed by atoms with E-state index < -0.39 is 10.0 Å². The molecule has 9 nitrogen and oxygen atoms in total. The van der Waals surface area contributed by atoms with Crippen molar-refractivity contribution in [3.8, 4) is 0 Å². The second-order valence-electron chi connectivity index (χ2n) is 7.33. The van der Waals surface area contributed by atoms with Gasteiger partial charge in [-0.1, -0.05) is 6.07 Å². The van der Waals surface area contributed by atoms with Gasteiger partial charge >= 0.3 is 5.69 Å². The van der Waals surface area contributed by atoms with Gasteiger partial charge < -0.3 is 4.90 Å². The summed E-state index contributed by atoms with van der Waals surface area (Å²) in [5, 5.41) is 0. The minimum absolute atomic E-state index is 0.0635. The minimum Gasteiger partial charge on any atom is -0.340 e. The number of aryl methyl sites for hydroxylation is 2. The molecule has 0 atom stereocenters. The first kappa shape index (κ1) is 20.3. The van der Waals surface area contributed by atoms with E-state index >= 15 is 0 Å². The number of sulfonamides is 1. The van der Waals surface area contributed by atoms with Crippen molar-refractivity contribution >= 4 is 27.0 Å². The predicted molar refractivity (Wildman–Crippen MR) is 111 cm³/mol. The number of nitrogens with zero attached hydrogens (tertiary/aromatic N) is 5. The lowest BCUT2D eigenvalue weighted by molar-refractivity contribution is -0.131. The molecular formula is C20H23N5O4S. The summed E-state index contributed by atoms with van der Waals surface area (Å²) in [6.07, 6.45) is 1.85. The number of carbonyl (C=O) groups excluding carboxylic acids is 1. The molecule has 0 bridgehead atoms. The Morgan fingerprint density at radius 1 is 1.00 bits per heavy atom. The molecule has 1 aromatic carbocycles. The SMILES string of the molecule is Cn1c(=O)n(C)c2cc(S(=O)(=O)N3CCN(C(=O)Cc4ccccn4)CC3)ccc21. The lowest BCUT2D eigenvalue weighted by atomic mass is 10.2. The number of imidazole rings is 1. The van der Waals surface area contributed by atoms with Crippen LogP contribution in [-0.4, -0.2) is 63.8 Å². The highest BCUT2D eigenvalue weighted by molar-refractivity contribution is 7.89. The van der Waals surface area contributed by atoms with Crippen molar-refractivity contribution < 1.29 is 13.2 Å². The molecule has 1 saturated heterocycles. The van der Waals surface area contributed by atoms with Gasteiger partial charge in [0.25, 0.3) is 0 Å². The van der Waals surface area contributed by atoms with Crippen molar-refractivity contribution in [1.82, 2.24) is 23.3 Å². The molecular weight excluding hydrogens is 406 g/mol. The van der Waals surface area contributed by atoms with Crippen LogP contribution in [0.1, 0.15) is 5.69 Å². The Labute approximate surface area is 174 Å². The number of hydrogen-bond donors (Lipinski definition) is 0. The summed E-state index contributed by atoms with van der Waals surface area (Å²) >= 11 is 0. The van der Waals surface area contributed by atoms with Crippen molar-refractivity contribution in [3.63, 3.8) is 0 Å². The zero-order chi connectivity index (χ0) is 21.5. The highest BCUT2D eigenvalue weighted by atomic mass is 32.2. The number of hydrogen-bond acceptors (Lipinski definition) is 5. The van der Waals surface area contributed by atoms with Gasteiger partial charge in [0.1, 0.15) is 0 Å². The van der Waals surface area contributed by atoms with Crippen molar-refractivity contribution in [2.45, 2.75) is 11.3 Å². The molecule has 0 unspecified atom stereocenters. The summed E-state index contributed by atoms with van der Waals surface area (Å²) in [4.78, 5) is 30.6. The van der Waals surface area contributed by atoms with E-state index in [1.165, 1.54) is 25.6 Å². The van der Waals surface area contributed by atoms with Crippen LogP contribution in [0.4, 0.5) is 0 Å². The van der Waals surface area contributed by atoms with Gasteiger partial charge in [-0.25, -0.2) is 13.2 Å². The first-order valence-corrected chi connectivity index (χ1v) is 11.1. The van der Waals surface area contributed by atoms with E-state index in [-0.39, 0.29) is 36.0 Å². The van der Waals surface area contributed by atoms with Gasteiger partial charge in [0, 0.05) is 52.2 Å². The first-order chi connectivity index (χ1) is 14.3. The normalized spacial score (nSPS) is 15.6. The maximum Gasteiger partial charge on any atom is 0.328 e. The number of pyridine rings is 1. The number of fused-ring (bicyclic) bond motifs is 1. The van der Waals surface area contributed by atoms with E-state index in [0.29, 0.717) is 29.8 Å². The Kier molecular flexibility index (Phi) is 5.20. The maximum atomic E-state index is 13.1. The van der Waals surface area contributed by atoms with Gasteiger partial charge in [-0.05, 0) is 30.3 Å². The molecule has 30 heavy (non-hydrogen) atoms. The molecule has 10 heteroatoms. The van der Waals surface area contributed by atoms with Gasteiger partial charge in [-0.3, -0.25) is 18.9 Å². The zero-order valence-electron chi connectivity index (χ0n) is 16.9. The third kappa shape index (κ3) is 3.52. The molecule has 0 spiro atoms. The third-order valence-electron chi connectivity index (χ3n) is 5.53. The van der Waals surface area contributed by atoms with Crippen molar-refractivity contribution in [3.05, 3.63) is 58.8 Å². The molecule has 2 aromatic heterocycles. The van der Waals surface area contributed by atoms with E-state index in [0.717, 1.165) is 0 Å². The van der Waals surface area contributed by atoms with Gasteiger partial charge in [-0.15, -0.1) is 0 Å². The molecule has 1 aliphatic heterocycles. The summed E-state index contributed by atoms with van der Waals surface area (Å²) in [6.45, 7) is 1.11. The van der Waals surface area contributed by atoms with E-state index in [9.17, 15) is 18.0 Å². The molecule has 158 valence electrons. The average molecular weight is 430 g/mol. The summed E-state index contributed by atoms with van der Waals surface area (Å²) in [6, 6.07) is 10.1. The molecule has 1 fully saturated rings. The Bertz CT molecular complexity index is 1260. The number of aromatic nitrogens is 3. The topological polar surface area (TPSA) is 97.5 Å². The highest BCUT2D eigenvalue weighted by Crippen LogP contribution is 2.22. The van der Waals surface area contributed by atoms with Crippen molar-refractivity contribution in [2.75, 3.05) is 26.2 Å². The molecule has 3 aromatic rings. The van der Waals surface area contributed by atoms with Crippen LogP contribution in [-0.2, 0) is 35.3 Å². The molecule has 0 N–H and O–H groups in total. The summed E-state index contributed by atoms with van der Waals surface area (Å²) < 4.78 is 30.5. The fourth-order valence-electron chi connectivity index (χ4n) is 3.74. The molecule has 3 heterocycles. The minimum atomic E-state index is -3.72. The second kappa shape index (κ2) is 7.69. The fourth-order valence-corrected chi connectivity index (χ4v) is 5.19. The molecule has 1 aliphatic rings. The van der Waals surface area contributed by atoms with E-state index in [1.807, 2.05) is 6.07 Å². The Morgan fingerprint density at radius 2 is 1.70 bits per heavy atom. The monoisotopic (exact) mass is 429 g/mol. The standard InChI is InChI=1S/C20H23N5O4S/c1-22-17-7-6-16(14-18(17)23(2)20(22)27)30(28,29)25-11-9-24(10-12-25)19(26)13-15-5-3-4-8-21-15/h3-8,14H,9-13H2,1-2H3. The maximum absolute atomic E-state index is 13.1. The summed E-state index contributed by atoms with van der Waals surface area (Å²) in [5.74, 6) is -0.0635. The predicted octanol–water partition coefficient (Wildman–Crippen LogP) is 0.348.